The lowest BCUT2D eigenvalue weighted by molar-refractivity contribution is -0.109. The molecule has 102 valence electrons. The summed E-state index contributed by atoms with van der Waals surface area (Å²) in [6, 6.07) is 7.38. The molecule has 3 rings (SSSR count). The van der Waals surface area contributed by atoms with Crippen LogP contribution in [0.15, 0.2) is 47.3 Å². The van der Waals surface area contributed by atoms with Crippen molar-refractivity contribution in [2.45, 2.75) is 12.0 Å². The Morgan fingerprint density at radius 3 is 2.90 bits per heavy atom. The first-order chi connectivity index (χ1) is 9.79. The Labute approximate surface area is 125 Å². The van der Waals surface area contributed by atoms with Gasteiger partial charge in [0.2, 0.25) is 0 Å². The van der Waals surface area contributed by atoms with Gasteiger partial charge in [-0.1, -0.05) is 6.07 Å². The Morgan fingerprint density at radius 2 is 2.25 bits per heavy atom. The van der Waals surface area contributed by atoms with E-state index in [-0.39, 0.29) is 12.0 Å². The minimum Gasteiger partial charge on any atom is -0.301 e. The Hall–Kier alpha value is -1.79. The second-order valence-corrected chi connectivity index (χ2v) is 5.50. The Balaban J connectivity index is 1.88. The zero-order valence-corrected chi connectivity index (χ0v) is 12.2. The van der Waals surface area contributed by atoms with Gasteiger partial charge in [0.05, 0.1) is 0 Å². The van der Waals surface area contributed by atoms with E-state index in [9.17, 15) is 4.79 Å². The number of anilines is 1. The van der Waals surface area contributed by atoms with Crippen LogP contribution < -0.4 is 10.4 Å². The molecular weight excluding hydrogens is 320 g/mol. The normalized spacial score (nSPS) is 21.9. The second-order valence-electron chi connectivity index (χ2n) is 4.59. The highest BCUT2D eigenvalue weighted by Crippen LogP contribution is 2.28. The molecule has 6 heteroatoms. The minimum atomic E-state index is -0.284. The van der Waals surface area contributed by atoms with Gasteiger partial charge in [0.15, 0.2) is 0 Å². The Morgan fingerprint density at radius 1 is 1.35 bits per heavy atom. The summed E-state index contributed by atoms with van der Waals surface area (Å²) in [6.45, 7) is 0.687. The van der Waals surface area contributed by atoms with E-state index < -0.39 is 0 Å². The van der Waals surface area contributed by atoms with Crippen molar-refractivity contribution in [1.29, 1.82) is 0 Å². The van der Waals surface area contributed by atoms with E-state index in [1.165, 1.54) is 0 Å². The van der Waals surface area contributed by atoms with Crippen LogP contribution in [0.1, 0.15) is 11.5 Å². The molecule has 1 aliphatic rings. The van der Waals surface area contributed by atoms with Gasteiger partial charge in [-0.15, -0.1) is 0 Å². The lowest BCUT2D eigenvalue weighted by Gasteiger charge is -2.23. The quantitative estimate of drug-likeness (QED) is 0.870. The topological polar surface area (TPSA) is 58.1 Å². The molecule has 0 aliphatic carbocycles. The molecule has 20 heavy (non-hydrogen) atoms. The number of carbonyl (C=O) groups excluding carboxylic acids is 1. The number of nitrogens with one attached hydrogen (secondary N) is 1. The number of nitrogens with zero attached hydrogens (tertiary/aromatic N) is 3. The molecule has 2 aromatic heterocycles. The van der Waals surface area contributed by atoms with Crippen LogP contribution in [0, 0.1) is 0 Å². The van der Waals surface area contributed by atoms with E-state index in [0.29, 0.717) is 6.54 Å². The molecule has 0 bridgehead atoms. The summed E-state index contributed by atoms with van der Waals surface area (Å²) < 4.78 is 0.909. The average Bonchev–Trinajstić information content (AvgIpc) is 2.93. The molecule has 1 saturated heterocycles. The van der Waals surface area contributed by atoms with Gasteiger partial charge < -0.3 is 4.79 Å². The zero-order valence-electron chi connectivity index (χ0n) is 10.6. The number of pyridine rings is 2. The van der Waals surface area contributed by atoms with E-state index in [2.05, 4.69) is 31.3 Å². The summed E-state index contributed by atoms with van der Waals surface area (Å²) in [6.07, 6.45) is 6.22. The maximum atomic E-state index is 11.5. The molecule has 3 heterocycles. The SMILES string of the molecule is O=CC1C(c2cccnc2)CNN1c1ccc(Br)cn1. The number of halogens is 1. The largest absolute Gasteiger partial charge is 0.301 e. The number of carbonyl (C=O) groups is 1. The number of aromatic nitrogens is 2. The number of hydrogen-bond acceptors (Lipinski definition) is 5. The van der Waals surface area contributed by atoms with Crippen LogP contribution in [0.5, 0.6) is 0 Å². The van der Waals surface area contributed by atoms with Crippen LogP contribution in [0.4, 0.5) is 5.82 Å². The van der Waals surface area contributed by atoms with Crippen molar-refractivity contribution in [1.82, 2.24) is 15.4 Å². The van der Waals surface area contributed by atoms with Gasteiger partial charge in [-0.25, -0.2) is 10.4 Å². The second kappa shape index (κ2) is 5.68. The highest BCUT2D eigenvalue weighted by atomic mass is 79.9. The molecule has 2 aromatic rings. The van der Waals surface area contributed by atoms with Crippen LogP contribution in [-0.4, -0.2) is 28.8 Å². The Kier molecular flexibility index (Phi) is 3.75. The third-order valence-electron chi connectivity index (χ3n) is 3.40. The van der Waals surface area contributed by atoms with Gasteiger partial charge in [0.25, 0.3) is 0 Å². The lowest BCUT2D eigenvalue weighted by atomic mass is 9.95. The summed E-state index contributed by atoms with van der Waals surface area (Å²) in [7, 11) is 0. The van der Waals surface area contributed by atoms with E-state index in [4.69, 9.17) is 0 Å². The summed E-state index contributed by atoms with van der Waals surface area (Å²) in [4.78, 5) is 20.0. The molecule has 1 N–H and O–H groups in total. The minimum absolute atomic E-state index is 0.0756. The molecule has 0 aromatic carbocycles. The fraction of sp³-hybridized carbons (Fsp3) is 0.214. The molecule has 2 atom stereocenters. The van der Waals surface area contributed by atoms with Crippen molar-refractivity contribution in [3.63, 3.8) is 0 Å². The van der Waals surface area contributed by atoms with E-state index >= 15 is 0 Å². The molecule has 0 saturated carbocycles. The predicted molar refractivity (Wildman–Crippen MR) is 79.2 cm³/mol. The molecule has 0 spiro atoms. The summed E-state index contributed by atoms with van der Waals surface area (Å²) in [5, 5.41) is 1.82. The van der Waals surface area contributed by atoms with Crippen molar-refractivity contribution in [3.05, 3.63) is 52.9 Å². The molecule has 5 nitrogen and oxygen atoms in total. The molecule has 2 unspecified atom stereocenters. The van der Waals surface area contributed by atoms with Crippen molar-refractivity contribution < 1.29 is 4.79 Å². The maximum absolute atomic E-state index is 11.5. The lowest BCUT2D eigenvalue weighted by Crippen LogP contribution is -2.39. The first-order valence-corrected chi connectivity index (χ1v) is 7.08. The predicted octanol–water partition coefficient (Wildman–Crippen LogP) is 1.91. The zero-order chi connectivity index (χ0) is 13.9. The average molecular weight is 333 g/mol. The third kappa shape index (κ3) is 2.44. The van der Waals surface area contributed by atoms with Gasteiger partial charge in [0.1, 0.15) is 18.1 Å². The fourth-order valence-corrected chi connectivity index (χ4v) is 2.65. The van der Waals surface area contributed by atoms with Gasteiger partial charge in [-0.2, -0.15) is 0 Å². The van der Waals surface area contributed by atoms with Gasteiger partial charge in [-0.05, 0) is 39.7 Å². The van der Waals surface area contributed by atoms with Crippen molar-refractivity contribution >= 4 is 28.0 Å². The molecule has 1 fully saturated rings. The summed E-state index contributed by atoms with van der Waals surface area (Å²) >= 11 is 3.36. The summed E-state index contributed by atoms with van der Waals surface area (Å²) in [5.41, 5.74) is 4.29. The van der Waals surface area contributed by atoms with Crippen LogP contribution in [0.25, 0.3) is 0 Å². The third-order valence-corrected chi connectivity index (χ3v) is 3.87. The first-order valence-electron chi connectivity index (χ1n) is 6.29. The summed E-state index contributed by atoms with van der Waals surface area (Å²) in [5.74, 6) is 0.809. The van der Waals surface area contributed by atoms with E-state index in [0.717, 1.165) is 22.1 Å². The van der Waals surface area contributed by atoms with Gasteiger partial charge >= 0.3 is 0 Å². The van der Waals surface area contributed by atoms with Crippen LogP contribution >= 0.6 is 15.9 Å². The monoisotopic (exact) mass is 332 g/mol. The van der Waals surface area contributed by atoms with Gasteiger partial charge in [0, 0.05) is 35.5 Å². The molecule has 0 radical (unpaired) electrons. The van der Waals surface area contributed by atoms with E-state index in [1.807, 2.05) is 29.3 Å². The number of aldehydes is 1. The van der Waals surface area contributed by atoms with Gasteiger partial charge in [-0.3, -0.25) is 9.99 Å². The maximum Gasteiger partial charge on any atom is 0.144 e. The van der Waals surface area contributed by atoms with Crippen LogP contribution in [-0.2, 0) is 4.79 Å². The van der Waals surface area contributed by atoms with Crippen molar-refractivity contribution in [3.8, 4) is 0 Å². The molecule has 1 aliphatic heterocycles. The fourth-order valence-electron chi connectivity index (χ4n) is 2.41. The van der Waals surface area contributed by atoms with Crippen LogP contribution in [0.3, 0.4) is 0 Å². The van der Waals surface area contributed by atoms with Crippen molar-refractivity contribution in [2.75, 3.05) is 11.6 Å². The molecule has 0 amide bonds. The number of hydrogen-bond donors (Lipinski definition) is 1. The first kappa shape index (κ1) is 13.2. The highest BCUT2D eigenvalue weighted by Gasteiger charge is 2.35. The highest BCUT2D eigenvalue weighted by molar-refractivity contribution is 9.10. The van der Waals surface area contributed by atoms with Crippen molar-refractivity contribution in [2.24, 2.45) is 0 Å². The number of rotatable bonds is 3. The van der Waals surface area contributed by atoms with Crippen LogP contribution in [0.2, 0.25) is 0 Å². The van der Waals surface area contributed by atoms with E-state index in [1.54, 1.807) is 18.6 Å². The smallest absolute Gasteiger partial charge is 0.144 e. The molecular formula is C14H13BrN4O. The standard InChI is InChI=1S/C14H13BrN4O/c15-11-3-4-14(17-7-11)19-13(9-20)12(8-18-19)10-2-1-5-16-6-10/h1-7,9,12-13,18H,8H2. The Bertz CT molecular complexity index is 590. The number of hydrazine groups is 1.